The molecule has 0 aliphatic carbocycles. The number of nitrogens with one attached hydrogen (secondary N) is 1. The van der Waals surface area contributed by atoms with E-state index >= 15 is 0 Å². The molecule has 0 radical (unpaired) electrons. The number of carbonyl (C=O) groups is 1. The highest BCUT2D eigenvalue weighted by molar-refractivity contribution is 6.01. The average molecular weight is 487 g/mol. The molecule has 3 aromatic carbocycles. The third kappa shape index (κ3) is 4.15. The molecule has 1 N–H and O–H groups in total. The number of rotatable bonds is 6. The van der Waals surface area contributed by atoms with Crippen molar-refractivity contribution >= 4 is 17.3 Å². The van der Waals surface area contributed by atoms with Gasteiger partial charge in [-0.05, 0) is 55.0 Å². The SMILES string of the molecule is COc1ccc(-c2noc(C3=C(C)N(c4ccc(F)cc4)C(=O)NC3c3ccccc3)n2)cc1OC. The molecule has 1 aliphatic rings. The zero-order valence-corrected chi connectivity index (χ0v) is 19.9. The number of anilines is 1. The molecule has 8 nitrogen and oxygen atoms in total. The van der Waals surface area contributed by atoms with Crippen molar-refractivity contribution in [1.29, 1.82) is 0 Å². The molecular formula is C27H23FN4O4. The first-order chi connectivity index (χ1) is 17.5. The van der Waals surface area contributed by atoms with Gasteiger partial charge in [0.15, 0.2) is 11.5 Å². The van der Waals surface area contributed by atoms with Gasteiger partial charge in [-0.1, -0.05) is 35.5 Å². The van der Waals surface area contributed by atoms with Crippen molar-refractivity contribution in [3.05, 3.63) is 95.8 Å². The monoisotopic (exact) mass is 486 g/mol. The molecule has 2 amide bonds. The van der Waals surface area contributed by atoms with Gasteiger partial charge in [0.25, 0.3) is 5.89 Å². The standard InChI is InChI=1S/C27H23FN4O4/c1-16-23(26-30-25(31-36-26)18-9-14-21(34-2)22(15-18)35-3)24(17-7-5-4-6-8-17)29-27(33)32(16)20-12-10-19(28)11-13-20/h4-15,24H,1-3H3,(H,29,33). The molecule has 1 aromatic heterocycles. The van der Waals surface area contributed by atoms with Crippen LogP contribution in [0.3, 0.4) is 0 Å². The number of allylic oxidation sites excluding steroid dienone is 1. The second-order valence-electron chi connectivity index (χ2n) is 8.10. The molecule has 0 spiro atoms. The molecule has 0 saturated heterocycles. The molecule has 0 fully saturated rings. The summed E-state index contributed by atoms with van der Waals surface area (Å²) in [6.45, 7) is 1.80. The minimum atomic E-state index is -0.533. The highest BCUT2D eigenvalue weighted by Gasteiger charge is 2.36. The van der Waals surface area contributed by atoms with Crippen molar-refractivity contribution < 1.29 is 23.2 Å². The van der Waals surface area contributed by atoms with Crippen LogP contribution in [0, 0.1) is 5.82 Å². The van der Waals surface area contributed by atoms with Crippen LogP contribution in [-0.4, -0.2) is 30.4 Å². The van der Waals surface area contributed by atoms with E-state index in [9.17, 15) is 9.18 Å². The van der Waals surface area contributed by atoms with E-state index in [2.05, 4.69) is 15.5 Å². The Morgan fingerprint density at radius 2 is 1.69 bits per heavy atom. The summed E-state index contributed by atoms with van der Waals surface area (Å²) >= 11 is 0. The summed E-state index contributed by atoms with van der Waals surface area (Å²) in [6.07, 6.45) is 0. The van der Waals surface area contributed by atoms with Crippen LogP contribution < -0.4 is 19.7 Å². The third-order valence-electron chi connectivity index (χ3n) is 6.00. The van der Waals surface area contributed by atoms with Gasteiger partial charge in [-0.2, -0.15) is 4.98 Å². The van der Waals surface area contributed by atoms with Gasteiger partial charge in [-0.25, -0.2) is 9.18 Å². The molecule has 4 aromatic rings. The van der Waals surface area contributed by atoms with Gasteiger partial charge in [0, 0.05) is 11.3 Å². The molecule has 0 bridgehead atoms. The zero-order valence-electron chi connectivity index (χ0n) is 19.9. The quantitative estimate of drug-likeness (QED) is 0.382. The first-order valence-corrected chi connectivity index (χ1v) is 11.2. The second-order valence-corrected chi connectivity index (χ2v) is 8.10. The lowest BCUT2D eigenvalue weighted by Gasteiger charge is -2.35. The summed E-state index contributed by atoms with van der Waals surface area (Å²) in [5.74, 6) is 1.32. The van der Waals surface area contributed by atoms with Crippen LogP contribution >= 0.6 is 0 Å². The molecule has 2 heterocycles. The lowest BCUT2D eigenvalue weighted by atomic mass is 9.94. The fourth-order valence-electron chi connectivity index (χ4n) is 4.24. The van der Waals surface area contributed by atoms with Crippen molar-refractivity contribution in [3.63, 3.8) is 0 Å². The van der Waals surface area contributed by atoms with Gasteiger partial charge < -0.3 is 19.3 Å². The van der Waals surface area contributed by atoms with E-state index in [1.165, 1.54) is 17.0 Å². The number of hydrogen-bond donors (Lipinski definition) is 1. The topological polar surface area (TPSA) is 89.7 Å². The predicted octanol–water partition coefficient (Wildman–Crippen LogP) is 5.60. The molecule has 1 atom stereocenters. The van der Waals surface area contributed by atoms with E-state index in [-0.39, 0.29) is 11.9 Å². The van der Waals surface area contributed by atoms with Crippen LogP contribution in [0.4, 0.5) is 14.9 Å². The normalized spacial score (nSPS) is 15.6. The number of hydrogen-bond acceptors (Lipinski definition) is 6. The Morgan fingerprint density at radius 3 is 2.39 bits per heavy atom. The van der Waals surface area contributed by atoms with Crippen molar-refractivity contribution in [1.82, 2.24) is 15.5 Å². The number of ether oxygens (including phenoxy) is 2. The maximum absolute atomic E-state index is 13.6. The van der Waals surface area contributed by atoms with Gasteiger partial charge in [0.1, 0.15) is 5.82 Å². The van der Waals surface area contributed by atoms with Crippen LogP contribution in [0.15, 0.2) is 83.0 Å². The van der Waals surface area contributed by atoms with Crippen LogP contribution in [0.2, 0.25) is 0 Å². The van der Waals surface area contributed by atoms with E-state index in [0.29, 0.717) is 39.8 Å². The minimum Gasteiger partial charge on any atom is -0.493 e. The number of methoxy groups -OCH3 is 2. The van der Waals surface area contributed by atoms with Gasteiger partial charge in [-0.3, -0.25) is 4.90 Å². The third-order valence-corrected chi connectivity index (χ3v) is 6.00. The highest BCUT2D eigenvalue weighted by atomic mass is 19.1. The summed E-state index contributed by atoms with van der Waals surface area (Å²) in [6, 6.07) is 19.7. The largest absolute Gasteiger partial charge is 0.493 e. The Bertz CT molecular complexity index is 1430. The van der Waals surface area contributed by atoms with Crippen molar-refractivity contribution in [2.75, 3.05) is 19.1 Å². The molecule has 1 aliphatic heterocycles. The van der Waals surface area contributed by atoms with Crippen LogP contribution in [0.25, 0.3) is 17.0 Å². The Kier molecular flexibility index (Phi) is 6.12. The fourth-order valence-corrected chi connectivity index (χ4v) is 4.24. The lowest BCUT2D eigenvalue weighted by molar-refractivity contribution is 0.244. The lowest BCUT2D eigenvalue weighted by Crippen LogP contribution is -2.46. The zero-order chi connectivity index (χ0) is 25.2. The Labute approximate surface area is 207 Å². The summed E-state index contributed by atoms with van der Waals surface area (Å²) in [5, 5.41) is 7.21. The highest BCUT2D eigenvalue weighted by Crippen LogP contribution is 2.39. The van der Waals surface area contributed by atoms with E-state index in [1.54, 1.807) is 51.5 Å². The summed E-state index contributed by atoms with van der Waals surface area (Å²) in [7, 11) is 3.11. The van der Waals surface area contributed by atoms with Crippen LogP contribution in [-0.2, 0) is 0 Å². The fraction of sp³-hybridized carbons (Fsp3) is 0.148. The van der Waals surface area contributed by atoms with Gasteiger partial charge in [0.2, 0.25) is 5.82 Å². The maximum Gasteiger partial charge on any atom is 0.326 e. The molecule has 36 heavy (non-hydrogen) atoms. The Morgan fingerprint density at radius 1 is 0.972 bits per heavy atom. The summed E-state index contributed by atoms with van der Waals surface area (Å²) in [4.78, 5) is 19.3. The van der Waals surface area contributed by atoms with Crippen molar-refractivity contribution in [2.45, 2.75) is 13.0 Å². The van der Waals surface area contributed by atoms with Crippen molar-refractivity contribution in [3.8, 4) is 22.9 Å². The van der Waals surface area contributed by atoms with E-state index in [4.69, 9.17) is 14.0 Å². The number of amides is 2. The molecule has 182 valence electrons. The number of carbonyl (C=O) groups excluding carboxylic acids is 1. The summed E-state index contributed by atoms with van der Waals surface area (Å²) < 4.78 is 30.0. The van der Waals surface area contributed by atoms with Crippen LogP contribution in [0.1, 0.15) is 24.4 Å². The molecule has 5 rings (SSSR count). The average Bonchev–Trinajstić information content (AvgIpc) is 3.39. The first-order valence-electron chi connectivity index (χ1n) is 11.2. The predicted molar refractivity (Wildman–Crippen MR) is 132 cm³/mol. The number of benzene rings is 3. The van der Waals surface area contributed by atoms with E-state index < -0.39 is 11.9 Å². The number of aromatic nitrogens is 2. The van der Waals surface area contributed by atoms with E-state index in [0.717, 1.165) is 5.56 Å². The van der Waals surface area contributed by atoms with Crippen molar-refractivity contribution in [2.24, 2.45) is 0 Å². The van der Waals surface area contributed by atoms with Gasteiger partial charge >= 0.3 is 6.03 Å². The molecule has 1 unspecified atom stereocenters. The number of halogens is 1. The smallest absolute Gasteiger partial charge is 0.326 e. The first kappa shape index (κ1) is 23.1. The van der Waals surface area contributed by atoms with Crippen LogP contribution in [0.5, 0.6) is 11.5 Å². The molecule has 0 saturated carbocycles. The molecular weight excluding hydrogens is 463 g/mol. The Balaban J connectivity index is 1.63. The number of nitrogens with zero attached hydrogens (tertiary/aromatic N) is 3. The second kappa shape index (κ2) is 9.53. The maximum atomic E-state index is 13.6. The minimum absolute atomic E-state index is 0.248. The molecule has 9 heteroatoms. The van der Waals surface area contributed by atoms with Gasteiger partial charge in [0.05, 0.1) is 31.5 Å². The summed E-state index contributed by atoms with van der Waals surface area (Å²) in [5.41, 5.74) is 3.25. The van der Waals surface area contributed by atoms with E-state index in [1.807, 2.05) is 30.3 Å². The Hall–Kier alpha value is -4.66. The van der Waals surface area contributed by atoms with Gasteiger partial charge in [-0.15, -0.1) is 0 Å². The number of urea groups is 1.